The van der Waals surface area contributed by atoms with E-state index in [0.717, 1.165) is 22.0 Å². The summed E-state index contributed by atoms with van der Waals surface area (Å²) < 4.78 is 41.8. The highest BCUT2D eigenvalue weighted by Crippen LogP contribution is 2.34. The van der Waals surface area contributed by atoms with Crippen LogP contribution in [0.4, 0.5) is 13.2 Å². The smallest absolute Gasteiger partial charge is 0.310 e. The van der Waals surface area contributed by atoms with Gasteiger partial charge >= 0.3 is 6.18 Å². The number of hydrogen-bond donors (Lipinski definition) is 1. The van der Waals surface area contributed by atoms with E-state index in [9.17, 15) is 13.2 Å². The van der Waals surface area contributed by atoms with Gasteiger partial charge in [0.2, 0.25) is 0 Å². The Bertz CT molecular complexity index is 630. The molecule has 21 heavy (non-hydrogen) atoms. The van der Waals surface area contributed by atoms with E-state index in [2.05, 4.69) is 26.3 Å². The minimum atomic E-state index is -4.44. The van der Waals surface area contributed by atoms with Gasteiger partial charge in [-0.25, -0.2) is 4.68 Å². The lowest BCUT2D eigenvalue weighted by Crippen LogP contribution is -2.20. The molecule has 0 atom stereocenters. The van der Waals surface area contributed by atoms with Crippen LogP contribution in [0.5, 0.6) is 0 Å². The van der Waals surface area contributed by atoms with Crippen LogP contribution in [-0.2, 0) is 12.7 Å². The lowest BCUT2D eigenvalue weighted by atomic mass is 10.2. The highest BCUT2D eigenvalue weighted by atomic mass is 79.9. The predicted molar refractivity (Wildman–Crippen MR) is 76.1 cm³/mol. The Morgan fingerprint density at radius 2 is 1.90 bits per heavy atom. The van der Waals surface area contributed by atoms with E-state index >= 15 is 0 Å². The van der Waals surface area contributed by atoms with E-state index in [0.29, 0.717) is 11.7 Å². The fourth-order valence-corrected chi connectivity index (χ4v) is 2.40. The van der Waals surface area contributed by atoms with Crippen molar-refractivity contribution in [1.82, 2.24) is 15.1 Å². The molecule has 0 amide bonds. The van der Waals surface area contributed by atoms with Crippen molar-refractivity contribution in [3.63, 3.8) is 0 Å². The Morgan fingerprint density at radius 3 is 2.48 bits per heavy atom. The molecule has 0 saturated heterocycles. The summed E-state index contributed by atoms with van der Waals surface area (Å²) in [4.78, 5) is 0. The maximum Gasteiger partial charge on any atom is 0.433 e. The van der Waals surface area contributed by atoms with Crippen LogP contribution < -0.4 is 5.32 Å². The minimum Gasteiger partial charge on any atom is -0.310 e. The highest BCUT2D eigenvalue weighted by molar-refractivity contribution is 9.10. The second kappa shape index (κ2) is 5.46. The van der Waals surface area contributed by atoms with Crippen molar-refractivity contribution in [1.29, 1.82) is 0 Å². The molecule has 1 N–H and O–H groups in total. The molecule has 1 saturated carbocycles. The zero-order valence-corrected chi connectivity index (χ0v) is 12.6. The fourth-order valence-electron chi connectivity index (χ4n) is 2.13. The van der Waals surface area contributed by atoms with Crippen molar-refractivity contribution < 1.29 is 13.2 Å². The number of halogens is 4. The molecule has 2 aromatic rings. The van der Waals surface area contributed by atoms with Crippen LogP contribution in [0, 0.1) is 0 Å². The molecule has 1 aliphatic rings. The van der Waals surface area contributed by atoms with Crippen LogP contribution >= 0.6 is 15.9 Å². The predicted octanol–water partition coefficient (Wildman–Crippen LogP) is 3.91. The molecule has 0 radical (unpaired) electrons. The molecule has 0 aliphatic heterocycles. The number of alkyl halides is 3. The molecule has 0 unspecified atom stereocenters. The van der Waals surface area contributed by atoms with Gasteiger partial charge in [-0.3, -0.25) is 0 Å². The molecule has 0 spiro atoms. The van der Waals surface area contributed by atoms with E-state index in [1.54, 1.807) is 24.3 Å². The van der Waals surface area contributed by atoms with E-state index in [1.807, 2.05) is 0 Å². The Hall–Kier alpha value is -1.34. The molecule has 1 heterocycles. The van der Waals surface area contributed by atoms with Crippen molar-refractivity contribution in [3.8, 4) is 5.69 Å². The van der Waals surface area contributed by atoms with Gasteiger partial charge in [0, 0.05) is 22.6 Å². The average Bonchev–Trinajstić information content (AvgIpc) is 3.14. The first-order valence-electron chi connectivity index (χ1n) is 6.58. The lowest BCUT2D eigenvalue weighted by Gasteiger charge is -2.13. The van der Waals surface area contributed by atoms with Gasteiger partial charge in [0.1, 0.15) is 0 Å². The zero-order valence-electron chi connectivity index (χ0n) is 11.0. The molecule has 7 heteroatoms. The first-order chi connectivity index (χ1) is 9.95. The van der Waals surface area contributed by atoms with Crippen molar-refractivity contribution in [2.75, 3.05) is 0 Å². The summed E-state index contributed by atoms with van der Waals surface area (Å²) in [6.07, 6.45) is -1.09. The summed E-state index contributed by atoms with van der Waals surface area (Å²) in [5, 5.41) is 7.02. The Morgan fingerprint density at radius 1 is 1.24 bits per heavy atom. The number of aromatic nitrogens is 2. The molecule has 3 rings (SSSR count). The van der Waals surface area contributed by atoms with Crippen LogP contribution in [0.25, 0.3) is 5.69 Å². The summed E-state index contributed by atoms with van der Waals surface area (Å²) in [5.41, 5.74) is -0.140. The van der Waals surface area contributed by atoms with Crippen LogP contribution in [0.3, 0.4) is 0 Å². The van der Waals surface area contributed by atoms with Gasteiger partial charge in [-0.15, -0.1) is 0 Å². The van der Waals surface area contributed by atoms with Gasteiger partial charge in [0.05, 0.1) is 11.9 Å². The van der Waals surface area contributed by atoms with Crippen LogP contribution in [0.1, 0.15) is 24.1 Å². The number of rotatable bonds is 4. The Labute approximate surface area is 128 Å². The summed E-state index contributed by atoms with van der Waals surface area (Å²) in [6.45, 7) is 0.191. The molecule has 112 valence electrons. The molecule has 1 aromatic heterocycles. The summed E-state index contributed by atoms with van der Waals surface area (Å²) in [7, 11) is 0. The summed E-state index contributed by atoms with van der Waals surface area (Å²) in [6, 6.07) is 6.94. The summed E-state index contributed by atoms with van der Waals surface area (Å²) >= 11 is 3.27. The lowest BCUT2D eigenvalue weighted by molar-refractivity contribution is -0.143. The third-order valence-corrected chi connectivity index (χ3v) is 3.87. The number of hydrogen-bond acceptors (Lipinski definition) is 2. The quantitative estimate of drug-likeness (QED) is 0.896. The largest absolute Gasteiger partial charge is 0.433 e. The van der Waals surface area contributed by atoms with E-state index < -0.39 is 11.9 Å². The van der Waals surface area contributed by atoms with E-state index in [4.69, 9.17) is 0 Å². The van der Waals surface area contributed by atoms with Gasteiger partial charge < -0.3 is 5.32 Å². The fraction of sp³-hybridized carbons (Fsp3) is 0.357. The number of nitrogens with zero attached hydrogens (tertiary/aromatic N) is 2. The van der Waals surface area contributed by atoms with Crippen LogP contribution in [-0.4, -0.2) is 15.8 Å². The zero-order chi connectivity index (χ0) is 15.0. The maximum atomic E-state index is 13.3. The molecule has 1 aromatic carbocycles. The van der Waals surface area contributed by atoms with Crippen molar-refractivity contribution in [3.05, 3.63) is 46.2 Å². The SMILES string of the molecule is FC(F)(F)c1c(CNC2CC2)cnn1-c1ccc(Br)cc1. The van der Waals surface area contributed by atoms with Gasteiger partial charge in [-0.05, 0) is 37.1 Å². The van der Waals surface area contributed by atoms with E-state index in [-0.39, 0.29) is 12.1 Å². The second-order valence-corrected chi connectivity index (χ2v) is 5.98. The first-order valence-corrected chi connectivity index (χ1v) is 7.38. The second-order valence-electron chi connectivity index (χ2n) is 5.06. The Balaban J connectivity index is 1.97. The van der Waals surface area contributed by atoms with Crippen molar-refractivity contribution >= 4 is 15.9 Å². The van der Waals surface area contributed by atoms with Crippen molar-refractivity contribution in [2.45, 2.75) is 31.6 Å². The minimum absolute atomic E-state index is 0.178. The molecule has 1 fully saturated rings. The molecular formula is C14H13BrF3N3. The van der Waals surface area contributed by atoms with Gasteiger partial charge in [0.25, 0.3) is 0 Å². The Kier molecular flexibility index (Phi) is 3.79. The third kappa shape index (κ3) is 3.29. The van der Waals surface area contributed by atoms with E-state index in [1.165, 1.54) is 6.20 Å². The van der Waals surface area contributed by atoms with Crippen molar-refractivity contribution in [2.24, 2.45) is 0 Å². The first kappa shape index (κ1) is 14.6. The number of nitrogens with one attached hydrogen (secondary N) is 1. The monoisotopic (exact) mass is 359 g/mol. The topological polar surface area (TPSA) is 29.9 Å². The maximum absolute atomic E-state index is 13.3. The van der Waals surface area contributed by atoms with Gasteiger partial charge in [0.15, 0.2) is 5.69 Å². The standard InChI is InChI=1S/C14H13BrF3N3/c15-10-1-5-12(6-2-10)21-13(14(16,17)18)9(8-20-21)7-19-11-3-4-11/h1-2,5-6,8,11,19H,3-4,7H2. The highest BCUT2D eigenvalue weighted by Gasteiger charge is 2.38. The van der Waals surface area contributed by atoms with Gasteiger partial charge in [-0.1, -0.05) is 15.9 Å². The number of benzene rings is 1. The van der Waals surface area contributed by atoms with Crippen LogP contribution in [0.2, 0.25) is 0 Å². The molecule has 3 nitrogen and oxygen atoms in total. The average molecular weight is 360 g/mol. The van der Waals surface area contributed by atoms with Gasteiger partial charge in [-0.2, -0.15) is 18.3 Å². The van der Waals surface area contributed by atoms with Crippen LogP contribution in [0.15, 0.2) is 34.9 Å². The third-order valence-electron chi connectivity index (χ3n) is 3.34. The normalized spacial score (nSPS) is 15.4. The molecule has 0 bridgehead atoms. The molecule has 1 aliphatic carbocycles. The summed E-state index contributed by atoms with van der Waals surface area (Å²) in [5.74, 6) is 0. The molecular weight excluding hydrogens is 347 g/mol.